The van der Waals surface area contributed by atoms with E-state index in [4.69, 9.17) is 9.47 Å². The average molecular weight is 370 g/mol. The Kier molecular flexibility index (Phi) is 4.20. The van der Waals surface area contributed by atoms with Gasteiger partial charge in [-0.2, -0.15) is 0 Å². The second-order valence-corrected chi connectivity index (χ2v) is 8.26. The van der Waals surface area contributed by atoms with Gasteiger partial charge in [-0.05, 0) is 36.8 Å². The highest BCUT2D eigenvalue weighted by molar-refractivity contribution is 5.85. The van der Waals surface area contributed by atoms with Crippen LogP contribution in [-0.4, -0.2) is 66.7 Å². The van der Waals surface area contributed by atoms with Gasteiger partial charge in [0, 0.05) is 31.6 Å². The van der Waals surface area contributed by atoms with E-state index in [0.29, 0.717) is 45.7 Å². The highest BCUT2D eigenvalue weighted by atomic mass is 16.5. The van der Waals surface area contributed by atoms with Crippen molar-refractivity contribution in [1.29, 1.82) is 0 Å². The molecular weight excluding hydrogens is 344 g/mol. The number of carbonyl (C=O) groups excluding carboxylic acids is 2. The Labute approximate surface area is 159 Å². The number of hydrogen-bond acceptors (Lipinski definition) is 4. The van der Waals surface area contributed by atoms with E-state index in [0.717, 1.165) is 19.4 Å². The lowest BCUT2D eigenvalue weighted by Gasteiger charge is -2.36. The fourth-order valence-corrected chi connectivity index (χ4v) is 4.81. The summed E-state index contributed by atoms with van der Waals surface area (Å²) in [4.78, 5) is 29.5. The van der Waals surface area contributed by atoms with E-state index in [9.17, 15) is 9.59 Å². The first kappa shape index (κ1) is 17.2. The number of carbonyl (C=O) groups is 2. The van der Waals surface area contributed by atoms with E-state index in [1.54, 1.807) is 4.90 Å². The van der Waals surface area contributed by atoms with Gasteiger partial charge in [0.1, 0.15) is 12.2 Å². The van der Waals surface area contributed by atoms with Gasteiger partial charge in [-0.3, -0.25) is 9.59 Å². The molecule has 2 amide bonds. The van der Waals surface area contributed by atoms with Crippen LogP contribution >= 0.6 is 0 Å². The second-order valence-electron chi connectivity index (χ2n) is 8.26. The quantitative estimate of drug-likeness (QED) is 0.791. The maximum absolute atomic E-state index is 13.1. The van der Waals surface area contributed by atoms with Crippen molar-refractivity contribution in [3.05, 3.63) is 35.4 Å². The molecule has 0 aromatic heterocycles. The predicted octanol–water partition coefficient (Wildman–Crippen LogP) is 1.47. The molecule has 1 spiro atoms. The number of rotatable bonds is 2. The van der Waals surface area contributed by atoms with Crippen molar-refractivity contribution in [3.63, 3.8) is 0 Å². The van der Waals surface area contributed by atoms with E-state index in [1.165, 1.54) is 11.1 Å². The maximum atomic E-state index is 13.1. The molecule has 6 heteroatoms. The third kappa shape index (κ3) is 3.05. The number of ether oxygens (including phenoxy) is 2. The number of fused-ring (bicyclic) bond motifs is 2. The Morgan fingerprint density at radius 3 is 2.33 bits per heavy atom. The minimum absolute atomic E-state index is 0.0104. The molecule has 5 rings (SSSR count). The van der Waals surface area contributed by atoms with Crippen LogP contribution < -0.4 is 0 Å². The van der Waals surface area contributed by atoms with E-state index >= 15 is 0 Å². The molecule has 2 saturated heterocycles. The summed E-state index contributed by atoms with van der Waals surface area (Å²) in [6.45, 7) is 3.82. The molecule has 0 bridgehead atoms. The average Bonchev–Trinajstić information content (AvgIpc) is 3.30. The predicted molar refractivity (Wildman–Crippen MR) is 98.1 cm³/mol. The van der Waals surface area contributed by atoms with Crippen molar-refractivity contribution in [2.75, 3.05) is 32.8 Å². The van der Waals surface area contributed by atoms with Gasteiger partial charge in [0.15, 0.2) is 0 Å². The first-order chi connectivity index (χ1) is 13.2. The van der Waals surface area contributed by atoms with Crippen LogP contribution in [0, 0.1) is 0 Å². The second kappa shape index (κ2) is 6.60. The molecule has 3 aliphatic heterocycles. The summed E-state index contributed by atoms with van der Waals surface area (Å²) in [7, 11) is 0. The summed E-state index contributed by atoms with van der Waals surface area (Å²) in [6.07, 6.45) is 2.59. The van der Waals surface area contributed by atoms with Crippen LogP contribution in [-0.2, 0) is 31.0 Å². The molecule has 1 aromatic carbocycles. The van der Waals surface area contributed by atoms with Gasteiger partial charge < -0.3 is 19.3 Å². The molecule has 0 N–H and O–H groups in total. The SMILES string of the molecule is O=C([C@@H]1CC[C@H](C(=O)N2CCOCC2)O1)N1Cc2ccccc2C2(CC2)C1. The summed E-state index contributed by atoms with van der Waals surface area (Å²) in [6, 6.07) is 8.49. The van der Waals surface area contributed by atoms with Crippen molar-refractivity contribution in [1.82, 2.24) is 9.80 Å². The highest BCUT2D eigenvalue weighted by Gasteiger charge is 2.51. The summed E-state index contributed by atoms with van der Waals surface area (Å²) in [5, 5.41) is 0. The third-order valence-electron chi connectivity index (χ3n) is 6.50. The zero-order valence-electron chi connectivity index (χ0n) is 15.6. The first-order valence-electron chi connectivity index (χ1n) is 10.1. The van der Waals surface area contributed by atoms with Crippen molar-refractivity contribution < 1.29 is 19.1 Å². The topological polar surface area (TPSA) is 59.1 Å². The third-order valence-corrected chi connectivity index (χ3v) is 6.50. The lowest BCUT2D eigenvalue weighted by Crippen LogP contribution is -2.48. The van der Waals surface area contributed by atoms with Crippen molar-refractivity contribution in [2.45, 2.75) is 49.9 Å². The molecule has 2 atom stereocenters. The molecule has 3 fully saturated rings. The lowest BCUT2D eigenvalue weighted by atomic mass is 9.87. The van der Waals surface area contributed by atoms with Gasteiger partial charge in [-0.15, -0.1) is 0 Å². The highest BCUT2D eigenvalue weighted by Crippen LogP contribution is 2.52. The smallest absolute Gasteiger partial charge is 0.252 e. The van der Waals surface area contributed by atoms with E-state index in [2.05, 4.69) is 18.2 Å². The monoisotopic (exact) mass is 370 g/mol. The number of benzene rings is 1. The molecule has 1 saturated carbocycles. The first-order valence-corrected chi connectivity index (χ1v) is 10.1. The normalized spacial score (nSPS) is 28.9. The van der Waals surface area contributed by atoms with Crippen LogP contribution in [0.15, 0.2) is 24.3 Å². The van der Waals surface area contributed by atoms with E-state index < -0.39 is 12.2 Å². The standard InChI is InChI=1S/C21H26N2O4/c24-19(22-9-11-26-12-10-22)17-5-6-18(27-17)20(25)23-13-15-3-1-2-4-16(15)21(14-23)7-8-21/h1-4,17-18H,5-14H2/t17-,18+/m1/s1. The summed E-state index contributed by atoms with van der Waals surface area (Å²) < 4.78 is 11.3. The molecule has 1 aliphatic carbocycles. The molecule has 1 aromatic rings. The van der Waals surface area contributed by atoms with E-state index in [1.807, 2.05) is 11.0 Å². The Morgan fingerprint density at radius 2 is 1.63 bits per heavy atom. The molecule has 27 heavy (non-hydrogen) atoms. The van der Waals surface area contributed by atoms with Gasteiger partial charge in [-0.25, -0.2) is 0 Å². The van der Waals surface area contributed by atoms with Crippen molar-refractivity contribution in [2.24, 2.45) is 0 Å². The number of hydrogen-bond donors (Lipinski definition) is 0. The van der Waals surface area contributed by atoms with Crippen molar-refractivity contribution >= 4 is 11.8 Å². The minimum Gasteiger partial charge on any atom is -0.378 e. The fourth-order valence-electron chi connectivity index (χ4n) is 4.81. The largest absolute Gasteiger partial charge is 0.378 e. The van der Waals surface area contributed by atoms with Crippen LogP contribution in [0.3, 0.4) is 0 Å². The molecule has 3 heterocycles. The molecule has 0 radical (unpaired) electrons. The van der Waals surface area contributed by atoms with Crippen LogP contribution in [0.25, 0.3) is 0 Å². The zero-order valence-corrected chi connectivity index (χ0v) is 15.6. The van der Waals surface area contributed by atoms with Crippen LogP contribution in [0.1, 0.15) is 36.8 Å². The maximum Gasteiger partial charge on any atom is 0.252 e. The Bertz CT molecular complexity index is 754. The molecule has 0 unspecified atom stereocenters. The molecule has 144 valence electrons. The Morgan fingerprint density at radius 1 is 0.963 bits per heavy atom. The van der Waals surface area contributed by atoms with Crippen LogP contribution in [0.4, 0.5) is 0 Å². The van der Waals surface area contributed by atoms with Gasteiger partial charge in [0.05, 0.1) is 13.2 Å². The lowest BCUT2D eigenvalue weighted by molar-refractivity contribution is -0.153. The number of morpholine rings is 1. The van der Waals surface area contributed by atoms with Crippen LogP contribution in [0.5, 0.6) is 0 Å². The number of nitrogens with zero attached hydrogens (tertiary/aromatic N) is 2. The van der Waals surface area contributed by atoms with Gasteiger partial charge in [0.25, 0.3) is 11.8 Å². The molecular formula is C21H26N2O4. The summed E-state index contributed by atoms with van der Waals surface area (Å²) in [5.41, 5.74) is 2.84. The van der Waals surface area contributed by atoms with Crippen molar-refractivity contribution in [3.8, 4) is 0 Å². The molecule has 6 nitrogen and oxygen atoms in total. The minimum atomic E-state index is -0.485. The van der Waals surface area contributed by atoms with Gasteiger partial charge in [0.2, 0.25) is 0 Å². The summed E-state index contributed by atoms with van der Waals surface area (Å²) in [5.74, 6) is 0.0595. The van der Waals surface area contributed by atoms with Crippen LogP contribution in [0.2, 0.25) is 0 Å². The number of amides is 2. The fraction of sp³-hybridized carbons (Fsp3) is 0.619. The van der Waals surface area contributed by atoms with Gasteiger partial charge in [-0.1, -0.05) is 24.3 Å². The van der Waals surface area contributed by atoms with Gasteiger partial charge >= 0.3 is 0 Å². The Hall–Kier alpha value is -1.92. The summed E-state index contributed by atoms with van der Waals surface area (Å²) >= 11 is 0. The zero-order chi connectivity index (χ0) is 18.4. The Balaban J connectivity index is 1.25. The van der Waals surface area contributed by atoms with E-state index in [-0.39, 0.29) is 17.2 Å². The molecule has 4 aliphatic rings.